The summed E-state index contributed by atoms with van der Waals surface area (Å²) in [5.74, 6) is 0. The third-order valence-electron chi connectivity index (χ3n) is 10.2. The molecule has 0 radical (unpaired) electrons. The van der Waals surface area contributed by atoms with E-state index in [1.54, 1.807) is 0 Å². The first-order valence-corrected chi connectivity index (χ1v) is 17.4. The molecule has 0 aromatic heterocycles. The van der Waals surface area contributed by atoms with Gasteiger partial charge in [-0.2, -0.15) is 0 Å². The van der Waals surface area contributed by atoms with Crippen molar-refractivity contribution in [1.82, 2.24) is 5.32 Å². The van der Waals surface area contributed by atoms with Crippen LogP contribution < -0.4 is 34.0 Å². The molecule has 0 spiro atoms. The van der Waals surface area contributed by atoms with E-state index >= 15 is 0 Å². The van der Waals surface area contributed by atoms with E-state index in [-0.39, 0.29) is 19.5 Å². The molecule has 1 aliphatic carbocycles. The van der Waals surface area contributed by atoms with Crippen LogP contribution in [0.25, 0.3) is 0 Å². The van der Waals surface area contributed by atoms with Crippen LogP contribution in [-0.2, 0) is 34.8 Å². The molecule has 3 saturated heterocycles. The number of ether oxygens (including phenoxy) is 6. The summed E-state index contributed by atoms with van der Waals surface area (Å²) in [6.07, 6.45) is -19.0. The van der Waals surface area contributed by atoms with Crippen molar-refractivity contribution in [2.24, 2.45) is 28.7 Å². The van der Waals surface area contributed by atoms with Crippen molar-refractivity contribution in [2.75, 3.05) is 26.2 Å². The van der Waals surface area contributed by atoms with Crippen molar-refractivity contribution < 1.29 is 64.2 Å². The summed E-state index contributed by atoms with van der Waals surface area (Å²) >= 11 is 0. The fraction of sp³-hybridized carbons (Fsp3) is 0.812. The minimum Gasteiger partial charge on any atom is -0.394 e. The average molecular weight is 733 g/mol. The first-order valence-electron chi connectivity index (χ1n) is 17.4. The molecule has 18 N–H and O–H groups in total. The maximum atomic E-state index is 11.3. The first-order chi connectivity index (χ1) is 24.2. The van der Waals surface area contributed by atoms with Crippen molar-refractivity contribution >= 4 is 0 Å². The fourth-order valence-electron chi connectivity index (χ4n) is 6.95. The summed E-state index contributed by atoms with van der Waals surface area (Å²) < 4.78 is 35.6. The maximum absolute atomic E-state index is 11.3. The van der Waals surface area contributed by atoms with Crippen LogP contribution in [0.5, 0.6) is 0 Å². The number of rotatable bonds is 13. The Morgan fingerprint density at radius 3 is 1.82 bits per heavy atom. The number of benzene rings is 1. The topological polar surface area (TPSA) is 339 Å². The van der Waals surface area contributed by atoms with E-state index in [4.69, 9.17) is 57.1 Å². The van der Waals surface area contributed by atoms with Crippen LogP contribution in [0.4, 0.5) is 0 Å². The van der Waals surface area contributed by atoms with Gasteiger partial charge in [0.25, 0.3) is 0 Å². The summed E-state index contributed by atoms with van der Waals surface area (Å²) in [6.45, 7) is 1.92. The van der Waals surface area contributed by atoms with Crippen LogP contribution in [0.2, 0.25) is 0 Å². The van der Waals surface area contributed by atoms with Crippen LogP contribution in [0.1, 0.15) is 17.5 Å². The summed E-state index contributed by atoms with van der Waals surface area (Å²) in [5.41, 5.74) is 32.8. The minimum absolute atomic E-state index is 0.0926. The largest absolute Gasteiger partial charge is 0.394 e. The first kappa shape index (κ1) is 40.6. The van der Waals surface area contributed by atoms with Crippen molar-refractivity contribution in [3.05, 3.63) is 35.4 Å². The van der Waals surface area contributed by atoms with Crippen molar-refractivity contribution in [3.8, 4) is 0 Å². The van der Waals surface area contributed by atoms with E-state index < -0.39 is 123 Å². The van der Waals surface area contributed by atoms with Crippen LogP contribution >= 0.6 is 0 Å². The van der Waals surface area contributed by atoms with E-state index in [0.717, 1.165) is 17.5 Å². The Morgan fingerprint density at radius 2 is 1.22 bits per heavy atom. The van der Waals surface area contributed by atoms with Gasteiger partial charge in [0, 0.05) is 25.2 Å². The Morgan fingerprint density at radius 1 is 0.667 bits per heavy atom. The zero-order chi connectivity index (χ0) is 37.1. The van der Waals surface area contributed by atoms with Gasteiger partial charge in [-0.3, -0.25) is 0 Å². The van der Waals surface area contributed by atoms with Gasteiger partial charge in [-0.1, -0.05) is 29.8 Å². The third kappa shape index (κ3) is 9.06. The summed E-state index contributed by atoms with van der Waals surface area (Å²) in [5, 5.41) is 77.9. The van der Waals surface area contributed by atoms with Gasteiger partial charge in [-0.15, -0.1) is 0 Å². The van der Waals surface area contributed by atoms with Crippen molar-refractivity contribution in [2.45, 2.75) is 136 Å². The highest BCUT2D eigenvalue weighted by Crippen LogP contribution is 2.34. The standard InChI is InChI=1S/C32H56N6O13/c1-12-2-4-13(5-3-12)6-7-38-10-17-23(42)25(44)20(37)31(47-17)49-27-15(35)8-14(34)21(40)29(27)51-32-26(45)28(18(11-39)48-32)50-30-19(36)24(43)22(41)16(9-33)46-30/h2-5,14-32,38-45H,6-11,33-37H2,1H3/t14-,15+,16?,17-,18-,19-,20-,21+,22-,23-,24-,25-,26-,27-,28-,29-,30-,31-,32+/m1/s1. The predicted octanol–water partition coefficient (Wildman–Crippen LogP) is -6.71. The number of aliphatic hydroxyl groups is 7. The molecule has 0 bridgehead atoms. The molecule has 5 rings (SSSR count). The molecule has 1 aromatic rings. The SMILES string of the molecule is Cc1ccc(CCNC[C@H]2O[C@H](O[C@H]3[C@H](O[C@@H]4O[C@H](CO)[C@@H](O[C@H]5OC(CN)[C@@H](O)[C@H](O)[C@H]5N)[C@H]4O)[C@@H](O)[C@H](N)C[C@@H]3N)[C@H](N)[C@@H](O)[C@@H]2O)cc1. The molecule has 19 atom stereocenters. The molecule has 0 amide bonds. The van der Waals surface area contributed by atoms with Gasteiger partial charge in [-0.25, -0.2) is 0 Å². The van der Waals surface area contributed by atoms with Gasteiger partial charge in [-0.05, 0) is 31.9 Å². The lowest BCUT2D eigenvalue weighted by Gasteiger charge is -2.47. The molecule has 1 saturated carbocycles. The molecule has 19 heteroatoms. The molecular weight excluding hydrogens is 676 g/mol. The Labute approximate surface area is 295 Å². The smallest absolute Gasteiger partial charge is 0.187 e. The lowest BCUT2D eigenvalue weighted by Crippen LogP contribution is -2.68. The van der Waals surface area contributed by atoms with Crippen molar-refractivity contribution in [1.29, 1.82) is 0 Å². The third-order valence-corrected chi connectivity index (χ3v) is 10.2. The molecule has 292 valence electrons. The number of aliphatic hydroxyl groups excluding tert-OH is 7. The molecule has 51 heavy (non-hydrogen) atoms. The molecule has 1 aromatic carbocycles. The zero-order valence-electron chi connectivity index (χ0n) is 28.5. The van der Waals surface area contributed by atoms with Gasteiger partial charge in [0.15, 0.2) is 18.9 Å². The number of nitrogens with two attached hydrogens (primary N) is 5. The molecule has 3 heterocycles. The van der Waals surface area contributed by atoms with Crippen LogP contribution in [-0.4, -0.2) is 178 Å². The zero-order valence-corrected chi connectivity index (χ0v) is 28.5. The van der Waals surface area contributed by atoms with Crippen molar-refractivity contribution in [3.63, 3.8) is 0 Å². The normalized spacial score (nSPS) is 46.3. The van der Waals surface area contributed by atoms with Crippen LogP contribution in [0, 0.1) is 6.92 Å². The Balaban J connectivity index is 1.24. The highest BCUT2D eigenvalue weighted by atomic mass is 16.8. The van der Waals surface area contributed by atoms with E-state index in [1.807, 2.05) is 31.2 Å². The minimum atomic E-state index is -1.61. The highest BCUT2D eigenvalue weighted by Gasteiger charge is 2.54. The molecule has 4 fully saturated rings. The second kappa shape index (κ2) is 17.7. The molecule has 1 unspecified atom stereocenters. The summed E-state index contributed by atoms with van der Waals surface area (Å²) in [4.78, 5) is 0. The maximum Gasteiger partial charge on any atom is 0.187 e. The van der Waals surface area contributed by atoms with E-state index in [0.29, 0.717) is 6.54 Å². The summed E-state index contributed by atoms with van der Waals surface area (Å²) in [6, 6.07) is 3.91. The lowest BCUT2D eigenvalue weighted by molar-refractivity contribution is -0.307. The number of aryl methyl sites for hydroxylation is 1. The van der Waals surface area contributed by atoms with Gasteiger partial charge in [0.1, 0.15) is 67.1 Å². The van der Waals surface area contributed by atoms with Gasteiger partial charge < -0.3 is 98.2 Å². The Kier molecular flexibility index (Phi) is 14.1. The van der Waals surface area contributed by atoms with E-state index in [2.05, 4.69) is 5.32 Å². The van der Waals surface area contributed by atoms with Crippen LogP contribution in [0.3, 0.4) is 0 Å². The van der Waals surface area contributed by atoms with Gasteiger partial charge in [0.05, 0.1) is 24.8 Å². The molecule has 19 nitrogen and oxygen atoms in total. The Bertz CT molecular complexity index is 1230. The lowest BCUT2D eigenvalue weighted by atomic mass is 9.84. The highest BCUT2D eigenvalue weighted by molar-refractivity contribution is 5.21. The molecular formula is C32H56N6O13. The molecule has 3 aliphatic heterocycles. The van der Waals surface area contributed by atoms with E-state index in [1.165, 1.54) is 0 Å². The Hall–Kier alpha value is -1.54. The number of hydrogen-bond acceptors (Lipinski definition) is 19. The average Bonchev–Trinajstić information content (AvgIpc) is 3.41. The van der Waals surface area contributed by atoms with Crippen LogP contribution in [0.15, 0.2) is 24.3 Å². The fourth-order valence-corrected chi connectivity index (χ4v) is 6.95. The monoisotopic (exact) mass is 732 g/mol. The number of hydrogen-bond donors (Lipinski definition) is 13. The van der Waals surface area contributed by atoms with E-state index in [9.17, 15) is 35.7 Å². The second-order valence-corrected chi connectivity index (χ2v) is 14.0. The number of nitrogens with one attached hydrogen (secondary N) is 1. The molecule has 4 aliphatic rings. The van der Waals surface area contributed by atoms with Gasteiger partial charge in [0.2, 0.25) is 0 Å². The quantitative estimate of drug-likeness (QED) is 0.0838. The predicted molar refractivity (Wildman–Crippen MR) is 177 cm³/mol. The summed E-state index contributed by atoms with van der Waals surface area (Å²) in [7, 11) is 0. The second-order valence-electron chi connectivity index (χ2n) is 14.0. The van der Waals surface area contributed by atoms with Gasteiger partial charge >= 0.3 is 0 Å².